The molecule has 0 heterocycles. The van der Waals surface area contributed by atoms with Crippen molar-refractivity contribution in [1.82, 2.24) is 4.89 Å². The molecule has 0 aliphatic carbocycles. The Morgan fingerprint density at radius 2 is 1.75 bits per heavy atom. The van der Waals surface area contributed by atoms with E-state index in [0.717, 1.165) is 0 Å². The van der Waals surface area contributed by atoms with E-state index in [2.05, 4.69) is 4.84 Å². The van der Waals surface area contributed by atoms with Gasteiger partial charge in [-0.2, -0.15) is 13.2 Å². The van der Waals surface area contributed by atoms with Crippen LogP contribution in [-0.2, 0) is 14.9 Å². The molecule has 0 spiro atoms. The van der Waals surface area contributed by atoms with Crippen LogP contribution >= 0.6 is 0 Å². The average molecular weight is 255 g/mol. The molecule has 0 unspecified atom stereocenters. The van der Waals surface area contributed by atoms with Crippen LogP contribution in [-0.4, -0.2) is 21.2 Å². The second-order valence-electron chi connectivity index (χ2n) is 2.80. The quantitative estimate of drug-likeness (QED) is 0.829. The number of rotatable bonds is 4. The van der Waals surface area contributed by atoms with Gasteiger partial charge in [0.2, 0.25) is 0 Å². The number of sulfonamides is 1. The third kappa shape index (κ3) is 4.17. The Bertz CT molecular complexity index is 430. The summed E-state index contributed by atoms with van der Waals surface area (Å²) in [5.41, 5.74) is 0. The fraction of sp³-hybridized carbons (Fsp3) is 0.250. The second kappa shape index (κ2) is 4.81. The number of nitrogens with one attached hydrogen (secondary N) is 1. The molecule has 0 aliphatic rings. The number of alkyl halides is 3. The molecule has 0 amide bonds. The van der Waals surface area contributed by atoms with Crippen molar-refractivity contribution in [2.24, 2.45) is 0 Å². The standard InChI is InChI=1S/C8H8F3NO3S/c9-8(10,11)6-15-12-16(13,14)7-4-2-1-3-5-7/h1-5,12H,6H2. The molecule has 0 radical (unpaired) electrons. The molecule has 0 aromatic heterocycles. The van der Waals surface area contributed by atoms with E-state index in [1.165, 1.54) is 29.2 Å². The highest BCUT2D eigenvalue weighted by Crippen LogP contribution is 2.14. The van der Waals surface area contributed by atoms with Crippen molar-refractivity contribution < 1.29 is 26.4 Å². The summed E-state index contributed by atoms with van der Waals surface area (Å²) in [6.07, 6.45) is -4.58. The van der Waals surface area contributed by atoms with E-state index in [1.54, 1.807) is 6.07 Å². The van der Waals surface area contributed by atoms with Gasteiger partial charge in [-0.3, -0.25) is 4.84 Å². The highest BCUT2D eigenvalue weighted by molar-refractivity contribution is 7.89. The van der Waals surface area contributed by atoms with E-state index >= 15 is 0 Å². The van der Waals surface area contributed by atoms with Crippen LogP contribution in [0.3, 0.4) is 0 Å². The Balaban J connectivity index is 2.61. The van der Waals surface area contributed by atoms with Crippen LogP contribution in [0.1, 0.15) is 0 Å². The first-order valence-corrected chi connectivity index (χ1v) is 5.55. The Kier molecular flexibility index (Phi) is 3.89. The highest BCUT2D eigenvalue weighted by Gasteiger charge is 2.29. The molecule has 0 bridgehead atoms. The molecular weight excluding hydrogens is 247 g/mol. The lowest BCUT2D eigenvalue weighted by molar-refractivity contribution is -0.181. The molecular formula is C8H8F3NO3S. The second-order valence-corrected chi connectivity index (χ2v) is 4.45. The molecule has 0 aliphatic heterocycles. The maximum absolute atomic E-state index is 11.7. The molecule has 16 heavy (non-hydrogen) atoms. The minimum absolute atomic E-state index is 0.169. The summed E-state index contributed by atoms with van der Waals surface area (Å²) in [6, 6.07) is 6.94. The lowest BCUT2D eigenvalue weighted by Crippen LogP contribution is -2.29. The van der Waals surface area contributed by atoms with Crippen LogP contribution in [0.25, 0.3) is 0 Å². The molecule has 4 nitrogen and oxygen atoms in total. The summed E-state index contributed by atoms with van der Waals surface area (Å²) in [6.45, 7) is -1.68. The first-order chi connectivity index (χ1) is 7.31. The van der Waals surface area contributed by atoms with Crippen LogP contribution in [0, 0.1) is 0 Å². The largest absolute Gasteiger partial charge is 0.413 e. The Hall–Kier alpha value is -1.12. The van der Waals surface area contributed by atoms with Crippen molar-refractivity contribution in [1.29, 1.82) is 0 Å². The van der Waals surface area contributed by atoms with Gasteiger partial charge in [0.25, 0.3) is 10.0 Å². The fourth-order valence-electron chi connectivity index (χ4n) is 0.837. The molecule has 0 saturated carbocycles. The first kappa shape index (κ1) is 12.9. The Morgan fingerprint density at radius 1 is 1.19 bits per heavy atom. The van der Waals surface area contributed by atoms with Gasteiger partial charge >= 0.3 is 6.18 Å². The van der Waals surface area contributed by atoms with Gasteiger partial charge in [-0.15, -0.1) is 0 Å². The van der Waals surface area contributed by atoms with E-state index in [9.17, 15) is 21.6 Å². The predicted molar refractivity (Wildman–Crippen MR) is 48.8 cm³/mol. The van der Waals surface area contributed by atoms with Gasteiger partial charge in [0.1, 0.15) is 0 Å². The summed E-state index contributed by atoms with van der Waals surface area (Å²) >= 11 is 0. The van der Waals surface area contributed by atoms with E-state index in [0.29, 0.717) is 0 Å². The Labute approximate surface area is 90.0 Å². The summed E-state index contributed by atoms with van der Waals surface area (Å²) in [7, 11) is -4.05. The fourth-order valence-corrected chi connectivity index (χ4v) is 1.66. The van der Waals surface area contributed by atoms with Gasteiger partial charge < -0.3 is 0 Å². The molecule has 0 fully saturated rings. The third-order valence-electron chi connectivity index (χ3n) is 1.46. The van der Waals surface area contributed by atoms with E-state index in [4.69, 9.17) is 0 Å². The highest BCUT2D eigenvalue weighted by atomic mass is 32.2. The molecule has 0 atom stereocenters. The van der Waals surface area contributed by atoms with Gasteiger partial charge in [-0.05, 0) is 12.1 Å². The maximum atomic E-state index is 11.7. The Morgan fingerprint density at radius 3 is 2.25 bits per heavy atom. The molecule has 1 aromatic carbocycles. The zero-order chi connectivity index (χ0) is 12.2. The van der Waals surface area contributed by atoms with Crippen molar-refractivity contribution in [2.45, 2.75) is 11.1 Å². The summed E-state index contributed by atoms with van der Waals surface area (Å²) < 4.78 is 57.6. The molecule has 90 valence electrons. The maximum Gasteiger partial charge on any atom is 0.413 e. The monoisotopic (exact) mass is 255 g/mol. The van der Waals surface area contributed by atoms with Gasteiger partial charge in [0.05, 0.1) is 4.90 Å². The van der Waals surface area contributed by atoms with Crippen LogP contribution in [0.5, 0.6) is 0 Å². The topological polar surface area (TPSA) is 55.4 Å². The van der Waals surface area contributed by atoms with Crippen molar-refractivity contribution >= 4 is 10.0 Å². The summed E-state index contributed by atoms with van der Waals surface area (Å²) in [4.78, 5) is 5.07. The van der Waals surface area contributed by atoms with Gasteiger partial charge in [-0.1, -0.05) is 23.1 Å². The number of benzene rings is 1. The SMILES string of the molecule is O=S(=O)(NOCC(F)(F)F)c1ccccc1. The predicted octanol–water partition coefficient (Wildman–Crippen LogP) is 1.46. The van der Waals surface area contributed by atoms with E-state index in [1.807, 2.05) is 0 Å². The van der Waals surface area contributed by atoms with E-state index < -0.39 is 22.8 Å². The van der Waals surface area contributed by atoms with Crippen LogP contribution in [0.2, 0.25) is 0 Å². The summed E-state index contributed by atoms with van der Waals surface area (Å²) in [5, 5.41) is 0. The van der Waals surface area contributed by atoms with Crippen LogP contribution < -0.4 is 4.89 Å². The minimum atomic E-state index is -4.58. The van der Waals surface area contributed by atoms with Gasteiger partial charge in [-0.25, -0.2) is 8.42 Å². The van der Waals surface area contributed by atoms with Crippen molar-refractivity contribution in [2.75, 3.05) is 6.61 Å². The smallest absolute Gasteiger partial charge is 0.277 e. The van der Waals surface area contributed by atoms with Gasteiger partial charge in [0.15, 0.2) is 6.61 Å². The van der Waals surface area contributed by atoms with Crippen molar-refractivity contribution in [3.05, 3.63) is 30.3 Å². The zero-order valence-electron chi connectivity index (χ0n) is 7.86. The molecule has 1 aromatic rings. The lowest BCUT2D eigenvalue weighted by atomic mass is 10.4. The lowest BCUT2D eigenvalue weighted by Gasteiger charge is -2.08. The number of hydrogen-bond acceptors (Lipinski definition) is 3. The van der Waals surface area contributed by atoms with Crippen LogP contribution in [0.15, 0.2) is 35.2 Å². The molecule has 8 heteroatoms. The zero-order valence-corrected chi connectivity index (χ0v) is 8.68. The normalized spacial score (nSPS) is 12.7. The van der Waals surface area contributed by atoms with Crippen LogP contribution in [0.4, 0.5) is 13.2 Å². The minimum Gasteiger partial charge on any atom is -0.277 e. The molecule has 0 saturated heterocycles. The third-order valence-corrected chi connectivity index (χ3v) is 2.69. The molecule has 1 N–H and O–H groups in total. The van der Waals surface area contributed by atoms with Gasteiger partial charge in [0, 0.05) is 0 Å². The molecule has 1 rings (SSSR count). The number of halogens is 3. The summed E-state index contributed by atoms with van der Waals surface area (Å²) in [5.74, 6) is 0. The first-order valence-electron chi connectivity index (χ1n) is 4.07. The van der Waals surface area contributed by atoms with Crippen molar-refractivity contribution in [3.8, 4) is 0 Å². The van der Waals surface area contributed by atoms with E-state index in [-0.39, 0.29) is 4.90 Å². The number of hydrogen-bond donors (Lipinski definition) is 1. The van der Waals surface area contributed by atoms with Crippen molar-refractivity contribution in [3.63, 3.8) is 0 Å². The average Bonchev–Trinajstić information content (AvgIpc) is 2.17.